The van der Waals surface area contributed by atoms with Gasteiger partial charge in [-0.3, -0.25) is 4.90 Å². The van der Waals surface area contributed by atoms with Crippen molar-refractivity contribution < 1.29 is 27.0 Å². The molecule has 0 bridgehead atoms. The van der Waals surface area contributed by atoms with E-state index >= 15 is 0 Å². The van der Waals surface area contributed by atoms with E-state index in [1.807, 2.05) is 16.7 Å². The first-order chi connectivity index (χ1) is 22.2. The third kappa shape index (κ3) is 6.42. The second kappa shape index (κ2) is 12.6. The molecule has 0 spiro atoms. The molecule has 2 saturated heterocycles. The number of ether oxygens (including phenoxy) is 2. The van der Waals surface area contributed by atoms with E-state index in [9.17, 15) is 17.6 Å². The molecule has 240 valence electrons. The molecule has 2 aliphatic heterocycles. The maximum absolute atomic E-state index is 14.3. The van der Waals surface area contributed by atoms with E-state index in [1.165, 1.54) is 12.3 Å². The van der Waals surface area contributed by atoms with E-state index in [0.717, 1.165) is 43.7 Å². The van der Waals surface area contributed by atoms with Gasteiger partial charge in [0.25, 0.3) is 0 Å². The Kier molecular flexibility index (Phi) is 8.34. The molecule has 10 nitrogen and oxygen atoms in total. The molecule has 15 heteroatoms. The van der Waals surface area contributed by atoms with Crippen molar-refractivity contribution in [2.24, 2.45) is 0 Å². The number of imidazole rings is 1. The summed E-state index contributed by atoms with van der Waals surface area (Å²) in [7, 11) is 0. The number of benzene rings is 1. The molecule has 46 heavy (non-hydrogen) atoms. The maximum Gasteiger partial charge on any atom is 0.451 e. The van der Waals surface area contributed by atoms with Gasteiger partial charge in [0, 0.05) is 40.7 Å². The van der Waals surface area contributed by atoms with E-state index in [1.54, 1.807) is 24.4 Å². The molecular weight excluding hydrogens is 628 g/mol. The van der Waals surface area contributed by atoms with E-state index < -0.39 is 17.8 Å². The number of nitrogens with one attached hydrogen (secondary N) is 1. The average molecular weight is 657 g/mol. The Hall–Kier alpha value is -4.14. The van der Waals surface area contributed by atoms with Crippen molar-refractivity contribution in [2.45, 2.75) is 57.2 Å². The maximum atomic E-state index is 14.3. The molecule has 0 radical (unpaired) electrons. The summed E-state index contributed by atoms with van der Waals surface area (Å²) in [5.41, 5.74) is 2.94. The van der Waals surface area contributed by atoms with Gasteiger partial charge in [-0.1, -0.05) is 23.7 Å². The molecule has 0 saturated carbocycles. The highest BCUT2D eigenvalue weighted by Crippen LogP contribution is 2.34. The highest BCUT2D eigenvalue weighted by Gasteiger charge is 2.35. The number of H-pyrrole nitrogens is 1. The van der Waals surface area contributed by atoms with Gasteiger partial charge in [-0.25, -0.2) is 19.3 Å². The first-order valence-electron chi connectivity index (χ1n) is 14.9. The van der Waals surface area contributed by atoms with Crippen LogP contribution in [0, 0.1) is 5.82 Å². The van der Waals surface area contributed by atoms with E-state index in [0.29, 0.717) is 52.9 Å². The minimum Gasteiger partial charge on any atom is -0.472 e. The lowest BCUT2D eigenvalue weighted by atomic mass is 9.90. The number of halogens is 5. The summed E-state index contributed by atoms with van der Waals surface area (Å²) in [6.45, 7) is 3.50. The molecule has 0 amide bonds. The van der Waals surface area contributed by atoms with Crippen LogP contribution in [0.5, 0.6) is 5.88 Å². The molecule has 4 aromatic heterocycles. The first kappa shape index (κ1) is 30.5. The fourth-order valence-electron chi connectivity index (χ4n) is 5.87. The fourth-order valence-corrected chi connectivity index (χ4v) is 6.03. The van der Waals surface area contributed by atoms with Crippen LogP contribution in [-0.4, -0.2) is 65.4 Å². The zero-order valence-electron chi connectivity index (χ0n) is 24.5. The van der Waals surface area contributed by atoms with Crippen molar-refractivity contribution >= 4 is 22.8 Å². The smallest absolute Gasteiger partial charge is 0.451 e. The summed E-state index contributed by atoms with van der Waals surface area (Å²) < 4.78 is 67.2. The second-order valence-electron chi connectivity index (χ2n) is 11.5. The molecule has 2 fully saturated rings. The van der Waals surface area contributed by atoms with Crippen LogP contribution in [0.1, 0.15) is 48.0 Å². The summed E-state index contributed by atoms with van der Waals surface area (Å²) >= 11 is 5.88. The lowest BCUT2D eigenvalue weighted by Crippen LogP contribution is -2.35. The molecule has 2 aliphatic rings. The van der Waals surface area contributed by atoms with Crippen LogP contribution in [-0.2, 0) is 30.6 Å². The molecule has 1 atom stereocenters. The SMILES string of the molecule is Fc1cc(Cl)ccc1COc1ncccc1C1CCN(Cc2nc3cc(-c4nnc(C(F)(F)F)[nH]4)cnc3n2CC2CCO2)CC1. The number of rotatable bonds is 9. The number of aromatic amines is 1. The summed E-state index contributed by atoms with van der Waals surface area (Å²) in [6.07, 6.45) is 1.22. The third-order valence-electron chi connectivity index (χ3n) is 8.44. The molecule has 1 aromatic carbocycles. The lowest BCUT2D eigenvalue weighted by Gasteiger charge is -2.33. The van der Waals surface area contributed by atoms with Crippen LogP contribution in [0.4, 0.5) is 17.6 Å². The van der Waals surface area contributed by atoms with Gasteiger partial charge < -0.3 is 19.0 Å². The number of likely N-dealkylation sites (tertiary alicyclic amines) is 1. The van der Waals surface area contributed by atoms with E-state index in [2.05, 4.69) is 30.0 Å². The largest absolute Gasteiger partial charge is 0.472 e. The Morgan fingerprint density at radius 2 is 1.89 bits per heavy atom. The molecule has 1 unspecified atom stereocenters. The molecule has 0 aliphatic carbocycles. The Labute approximate surface area is 265 Å². The highest BCUT2D eigenvalue weighted by atomic mass is 35.5. The Bertz CT molecular complexity index is 1850. The molecular formula is C31H29ClF4N8O2. The zero-order chi connectivity index (χ0) is 31.8. The predicted molar refractivity (Wildman–Crippen MR) is 159 cm³/mol. The minimum absolute atomic E-state index is 0.0284. The van der Waals surface area contributed by atoms with E-state index in [-0.39, 0.29) is 24.5 Å². The van der Waals surface area contributed by atoms with Crippen LogP contribution >= 0.6 is 11.6 Å². The van der Waals surface area contributed by atoms with Crippen LogP contribution < -0.4 is 4.74 Å². The third-order valence-corrected chi connectivity index (χ3v) is 8.68. The quantitative estimate of drug-likeness (QED) is 0.188. The molecule has 7 rings (SSSR count). The van der Waals surface area contributed by atoms with Crippen LogP contribution in [0.3, 0.4) is 0 Å². The van der Waals surface area contributed by atoms with E-state index in [4.69, 9.17) is 26.1 Å². The van der Waals surface area contributed by atoms with Crippen LogP contribution in [0.25, 0.3) is 22.6 Å². The lowest BCUT2D eigenvalue weighted by molar-refractivity contribution is -0.144. The van der Waals surface area contributed by atoms with Crippen molar-refractivity contribution in [1.82, 2.24) is 39.6 Å². The summed E-state index contributed by atoms with van der Waals surface area (Å²) in [5, 5.41) is 7.22. The first-order valence-corrected chi connectivity index (χ1v) is 15.3. The topological polar surface area (TPSA) is 107 Å². The number of hydrogen-bond donors (Lipinski definition) is 1. The van der Waals surface area contributed by atoms with Crippen molar-refractivity contribution in [3.05, 3.63) is 82.4 Å². The van der Waals surface area contributed by atoms with Gasteiger partial charge in [0.2, 0.25) is 11.7 Å². The summed E-state index contributed by atoms with van der Waals surface area (Å²) in [5.74, 6) is -0.108. The van der Waals surface area contributed by atoms with Crippen LogP contribution in [0.15, 0.2) is 48.8 Å². The normalized spacial score (nSPS) is 17.8. The van der Waals surface area contributed by atoms with Gasteiger partial charge >= 0.3 is 6.18 Å². The standard InChI is InChI=1S/C31H29ClF4N8O2/c32-21-4-3-19(24(33)13-21)17-46-29-23(2-1-8-37-29)18-5-9-43(10-6-18)16-26-39-25-12-20(27-40-30(42-41-27)31(34,35)36)14-38-28(25)44(26)15-22-7-11-45-22/h1-4,8,12-14,18,22H,5-7,9-11,15-17H2,(H,40,41,42). The number of nitrogens with zero attached hydrogens (tertiary/aromatic N) is 7. The van der Waals surface area contributed by atoms with Gasteiger partial charge in [-0.05, 0) is 62.5 Å². The van der Waals surface area contributed by atoms with Gasteiger partial charge in [-0.2, -0.15) is 13.2 Å². The number of fused-ring (bicyclic) bond motifs is 1. The Morgan fingerprint density at radius 1 is 1.07 bits per heavy atom. The van der Waals surface area contributed by atoms with Gasteiger partial charge in [-0.15, -0.1) is 10.2 Å². The number of alkyl halides is 3. The fraction of sp³-hybridized carbons (Fsp3) is 0.387. The second-order valence-corrected chi connectivity index (χ2v) is 11.9. The highest BCUT2D eigenvalue weighted by molar-refractivity contribution is 6.30. The van der Waals surface area contributed by atoms with Crippen molar-refractivity contribution in [3.8, 4) is 17.3 Å². The predicted octanol–water partition coefficient (Wildman–Crippen LogP) is 6.17. The Balaban J connectivity index is 1.06. The van der Waals surface area contributed by atoms with Crippen molar-refractivity contribution in [2.75, 3.05) is 19.7 Å². The van der Waals surface area contributed by atoms with Crippen molar-refractivity contribution in [1.29, 1.82) is 0 Å². The van der Waals surface area contributed by atoms with Crippen molar-refractivity contribution in [3.63, 3.8) is 0 Å². The zero-order valence-corrected chi connectivity index (χ0v) is 25.2. The van der Waals surface area contributed by atoms with Crippen LogP contribution in [0.2, 0.25) is 5.02 Å². The van der Waals surface area contributed by atoms with Gasteiger partial charge in [0.15, 0.2) is 11.5 Å². The number of hydrogen-bond acceptors (Lipinski definition) is 8. The number of piperidine rings is 1. The average Bonchev–Trinajstić information content (AvgIpc) is 3.64. The summed E-state index contributed by atoms with van der Waals surface area (Å²) in [6, 6.07) is 10.1. The summed E-state index contributed by atoms with van der Waals surface area (Å²) in [4.78, 5) is 18.4. The van der Waals surface area contributed by atoms with Gasteiger partial charge in [0.1, 0.15) is 23.8 Å². The number of aromatic nitrogens is 7. The molecule has 5 aromatic rings. The monoisotopic (exact) mass is 656 g/mol. The Morgan fingerprint density at radius 3 is 2.61 bits per heavy atom. The minimum atomic E-state index is -4.63. The number of pyridine rings is 2. The molecule has 1 N–H and O–H groups in total. The van der Waals surface area contributed by atoms with Gasteiger partial charge in [0.05, 0.1) is 19.2 Å². The molecule has 6 heterocycles.